The second kappa shape index (κ2) is 6.42. The molecule has 6 N–H and O–H groups in total. The smallest absolute Gasteiger partial charge is 0.321 e. The maximum Gasteiger partial charge on any atom is 0.321 e. The Labute approximate surface area is 123 Å². The zero-order chi connectivity index (χ0) is 15.6. The van der Waals surface area contributed by atoms with Crippen LogP contribution < -0.4 is 5.32 Å². The molecule has 1 aliphatic rings. The van der Waals surface area contributed by atoms with Crippen LogP contribution in [0.25, 0.3) is 0 Å². The average molecular weight is 340 g/mol. The molecule has 2 heterocycles. The van der Waals surface area contributed by atoms with Crippen LogP contribution in [0.2, 0.25) is 0 Å². The van der Waals surface area contributed by atoms with Gasteiger partial charge in [0, 0.05) is 0 Å². The number of amides is 1. The molecule has 0 radical (unpaired) electrons. The molecule has 13 heteroatoms. The van der Waals surface area contributed by atoms with Crippen molar-refractivity contribution in [2.45, 2.75) is 24.5 Å². The van der Waals surface area contributed by atoms with Crippen molar-refractivity contribution in [2.24, 2.45) is 0 Å². The number of hydrogen-bond acceptors (Lipinski definition) is 8. The standard InChI is InChI=1S/C8H13N4O7PS/c13-4-3(1-18-20(16,17)21)19-8(5(4)14)11-7(15)6-9-2-10-12-6/h2-5,8,13-14H,1H2,(H,11,15)(H,9,10,12)(H2,16,17,21)/t3-,4-,5-,8-/m1/s1. The number of carbonyl (C=O) groups excluding carboxylic acids is 1. The first-order chi connectivity index (χ1) is 9.78. The molecule has 2 rings (SSSR count). The predicted octanol–water partition coefficient (Wildman–Crippen LogP) is -2.79. The number of rotatable bonds is 5. The zero-order valence-electron chi connectivity index (χ0n) is 10.4. The van der Waals surface area contributed by atoms with E-state index in [2.05, 4.69) is 36.8 Å². The van der Waals surface area contributed by atoms with Crippen molar-refractivity contribution in [3.63, 3.8) is 0 Å². The lowest BCUT2D eigenvalue weighted by molar-refractivity contribution is -0.0275. The molecule has 0 aromatic carbocycles. The highest BCUT2D eigenvalue weighted by atomic mass is 32.5. The van der Waals surface area contributed by atoms with Crippen molar-refractivity contribution in [1.29, 1.82) is 0 Å². The van der Waals surface area contributed by atoms with E-state index < -0.39 is 43.8 Å². The number of nitrogens with zero attached hydrogens (tertiary/aromatic N) is 2. The van der Waals surface area contributed by atoms with E-state index in [-0.39, 0.29) is 5.82 Å². The first-order valence-corrected chi connectivity index (χ1v) is 8.28. The number of carbonyl (C=O) groups is 1. The summed E-state index contributed by atoms with van der Waals surface area (Å²) in [7, 11) is 0. The molecule has 21 heavy (non-hydrogen) atoms. The van der Waals surface area contributed by atoms with Gasteiger partial charge in [0.25, 0.3) is 5.91 Å². The highest BCUT2D eigenvalue weighted by Gasteiger charge is 2.44. The van der Waals surface area contributed by atoms with Gasteiger partial charge in [0.2, 0.25) is 5.82 Å². The first-order valence-electron chi connectivity index (χ1n) is 5.66. The molecular weight excluding hydrogens is 327 g/mol. The molecule has 11 nitrogen and oxygen atoms in total. The summed E-state index contributed by atoms with van der Waals surface area (Å²) in [5.74, 6) is -0.791. The number of aromatic amines is 1. The molecule has 1 amide bonds. The van der Waals surface area contributed by atoms with Crippen LogP contribution >= 0.6 is 6.72 Å². The van der Waals surface area contributed by atoms with Gasteiger partial charge >= 0.3 is 6.72 Å². The first kappa shape index (κ1) is 16.4. The highest BCUT2D eigenvalue weighted by Crippen LogP contribution is 2.37. The number of aromatic nitrogens is 3. The van der Waals surface area contributed by atoms with Gasteiger partial charge in [-0.1, -0.05) is 0 Å². The van der Waals surface area contributed by atoms with Gasteiger partial charge in [-0.25, -0.2) is 4.98 Å². The van der Waals surface area contributed by atoms with Gasteiger partial charge < -0.3 is 34.6 Å². The van der Waals surface area contributed by atoms with Gasteiger partial charge in [0.1, 0.15) is 24.6 Å². The van der Waals surface area contributed by atoms with Gasteiger partial charge in [-0.05, 0) is 11.8 Å². The minimum Gasteiger partial charge on any atom is -0.387 e. The van der Waals surface area contributed by atoms with E-state index in [1.807, 2.05) is 0 Å². The molecule has 0 saturated carbocycles. The summed E-state index contributed by atoms with van der Waals surface area (Å²) in [5.41, 5.74) is 0. The fraction of sp³-hybridized carbons (Fsp3) is 0.625. The topological polar surface area (TPSA) is 170 Å². The van der Waals surface area contributed by atoms with E-state index in [1.165, 1.54) is 0 Å². The second-order valence-electron chi connectivity index (χ2n) is 4.17. The summed E-state index contributed by atoms with van der Waals surface area (Å²) < 4.78 is 9.74. The van der Waals surface area contributed by atoms with Gasteiger partial charge in [0.05, 0.1) is 6.61 Å². The van der Waals surface area contributed by atoms with Crippen molar-refractivity contribution >= 4 is 24.4 Å². The third kappa shape index (κ3) is 4.25. The second-order valence-corrected chi connectivity index (χ2v) is 6.84. The Hall–Kier alpha value is -0.980. The predicted molar refractivity (Wildman–Crippen MR) is 69.2 cm³/mol. The van der Waals surface area contributed by atoms with Gasteiger partial charge in [-0.15, -0.1) is 0 Å². The van der Waals surface area contributed by atoms with E-state index in [1.54, 1.807) is 0 Å². The average Bonchev–Trinajstić information content (AvgIpc) is 3.00. The van der Waals surface area contributed by atoms with E-state index >= 15 is 0 Å². The van der Waals surface area contributed by atoms with Crippen LogP contribution in [0.1, 0.15) is 10.6 Å². The number of H-pyrrole nitrogens is 1. The van der Waals surface area contributed by atoms with Crippen LogP contribution in [0.4, 0.5) is 0 Å². The van der Waals surface area contributed by atoms with Crippen LogP contribution in [0, 0.1) is 0 Å². The molecule has 0 bridgehead atoms. The van der Waals surface area contributed by atoms with E-state index in [0.29, 0.717) is 0 Å². The summed E-state index contributed by atoms with van der Waals surface area (Å²) in [5, 5.41) is 27.6. The molecule has 0 aliphatic carbocycles. The fourth-order valence-corrected chi connectivity index (χ4v) is 2.21. The van der Waals surface area contributed by atoms with Crippen LogP contribution in [-0.2, 0) is 21.1 Å². The molecule has 118 valence electrons. The lowest BCUT2D eigenvalue weighted by Gasteiger charge is -2.16. The summed E-state index contributed by atoms with van der Waals surface area (Å²) in [6, 6.07) is 0. The summed E-state index contributed by atoms with van der Waals surface area (Å²) in [6.07, 6.45) is -4.00. The number of ether oxygens (including phenoxy) is 1. The minimum atomic E-state index is -3.90. The van der Waals surface area contributed by atoms with Crippen molar-refractivity contribution in [2.75, 3.05) is 6.61 Å². The van der Waals surface area contributed by atoms with Crippen molar-refractivity contribution in [1.82, 2.24) is 20.5 Å². The fourth-order valence-electron chi connectivity index (χ4n) is 1.69. The third-order valence-corrected chi connectivity index (χ3v) is 3.47. The maximum atomic E-state index is 11.7. The van der Waals surface area contributed by atoms with E-state index in [0.717, 1.165) is 6.33 Å². The summed E-state index contributed by atoms with van der Waals surface area (Å²) in [4.78, 5) is 33.2. The Morgan fingerprint density at radius 2 is 2.24 bits per heavy atom. The molecule has 1 saturated heterocycles. The zero-order valence-corrected chi connectivity index (χ0v) is 12.1. The Morgan fingerprint density at radius 1 is 1.52 bits per heavy atom. The van der Waals surface area contributed by atoms with Crippen LogP contribution in [0.15, 0.2) is 6.33 Å². The quantitative estimate of drug-likeness (QED) is 0.308. The van der Waals surface area contributed by atoms with E-state index in [4.69, 9.17) is 14.5 Å². The summed E-state index contributed by atoms with van der Waals surface area (Å²) in [6.45, 7) is -4.35. The highest BCUT2D eigenvalue weighted by molar-refractivity contribution is 8.06. The van der Waals surface area contributed by atoms with Crippen molar-refractivity contribution in [3.05, 3.63) is 12.2 Å². The SMILES string of the molecule is O=C(N[C@@H]1O[C@H](COP(O)(O)=S)[C@@H](O)[C@H]1O)c1ncn[nH]1. The normalized spacial score (nSPS) is 29.5. The number of aliphatic hydroxyl groups excluding tert-OH is 2. The Bertz CT molecular complexity index is 537. The number of hydrogen-bond donors (Lipinski definition) is 6. The van der Waals surface area contributed by atoms with Crippen LogP contribution in [0.5, 0.6) is 0 Å². The number of aliphatic hydroxyl groups is 2. The Morgan fingerprint density at radius 3 is 2.81 bits per heavy atom. The molecule has 1 fully saturated rings. The van der Waals surface area contributed by atoms with Crippen LogP contribution in [0.3, 0.4) is 0 Å². The molecule has 0 spiro atoms. The third-order valence-electron chi connectivity index (χ3n) is 2.67. The summed E-state index contributed by atoms with van der Waals surface area (Å²) >= 11 is 4.25. The lowest BCUT2D eigenvalue weighted by Crippen LogP contribution is -2.44. The molecule has 1 aliphatic heterocycles. The molecular formula is C8H13N4O7PS. The molecule has 1 aromatic rings. The van der Waals surface area contributed by atoms with Crippen LogP contribution in [-0.4, -0.2) is 72.2 Å². The van der Waals surface area contributed by atoms with E-state index in [9.17, 15) is 15.0 Å². The molecule has 4 atom stereocenters. The Kier molecular flexibility index (Phi) is 5.01. The lowest BCUT2D eigenvalue weighted by atomic mass is 10.1. The van der Waals surface area contributed by atoms with Crippen molar-refractivity contribution in [3.8, 4) is 0 Å². The largest absolute Gasteiger partial charge is 0.387 e. The monoisotopic (exact) mass is 340 g/mol. The molecule has 0 unspecified atom stereocenters. The number of nitrogens with one attached hydrogen (secondary N) is 2. The Balaban J connectivity index is 1.93. The minimum absolute atomic E-state index is 0.0961. The van der Waals surface area contributed by atoms with Gasteiger partial charge in [-0.3, -0.25) is 9.89 Å². The van der Waals surface area contributed by atoms with Gasteiger partial charge in [-0.2, -0.15) is 5.10 Å². The van der Waals surface area contributed by atoms with Gasteiger partial charge in [0.15, 0.2) is 6.23 Å². The maximum absolute atomic E-state index is 11.7. The van der Waals surface area contributed by atoms with Crippen molar-refractivity contribution < 1.29 is 34.1 Å². The molecule has 1 aromatic heterocycles.